The first-order valence-electron chi connectivity index (χ1n) is 7.59. The Labute approximate surface area is 154 Å². The minimum Gasteiger partial charge on any atom is -0.371 e. The summed E-state index contributed by atoms with van der Waals surface area (Å²) in [6, 6.07) is 15.7. The Balaban J connectivity index is 0.00000169. The van der Waals surface area contributed by atoms with Gasteiger partial charge in [-0.1, -0.05) is 18.2 Å². The predicted octanol–water partition coefficient (Wildman–Crippen LogP) is 3.84. The Bertz CT molecular complexity index is 1010. The Kier molecular flexibility index (Phi) is 4.39. The molecule has 123 valence electrons. The van der Waals surface area contributed by atoms with Crippen LogP contribution in [0.2, 0.25) is 0 Å². The van der Waals surface area contributed by atoms with Crippen molar-refractivity contribution >= 4 is 11.0 Å². The summed E-state index contributed by atoms with van der Waals surface area (Å²) in [5.74, 6) is 1.87. The number of rotatable bonds is 2. The van der Waals surface area contributed by atoms with Gasteiger partial charge in [-0.25, -0.2) is 0 Å². The molecule has 4 aromatic rings. The maximum Gasteiger partial charge on any atom is 0.0957 e. The quantitative estimate of drug-likeness (QED) is 0.398. The number of hydrogen-bond acceptors (Lipinski definition) is 2. The normalized spacial score (nSPS) is 10.8. The van der Waals surface area contributed by atoms with Gasteiger partial charge in [0.05, 0.1) is 11.6 Å². The van der Waals surface area contributed by atoms with Crippen LogP contribution in [0, 0.1) is 19.9 Å². The number of benzene rings is 2. The van der Waals surface area contributed by atoms with Crippen molar-refractivity contribution in [1.82, 2.24) is 19.1 Å². The first-order chi connectivity index (χ1) is 11.1. The molecule has 2 heterocycles. The van der Waals surface area contributed by atoms with Gasteiger partial charge in [0.25, 0.3) is 0 Å². The van der Waals surface area contributed by atoms with Crippen LogP contribution in [0.1, 0.15) is 11.4 Å². The van der Waals surface area contributed by atoms with Crippen LogP contribution in [0.3, 0.4) is 0 Å². The van der Waals surface area contributed by atoms with Crippen molar-refractivity contribution in [2.75, 3.05) is 0 Å². The van der Waals surface area contributed by atoms with Gasteiger partial charge in [0.1, 0.15) is 0 Å². The molecular formula is C19H17IrN4-. The Morgan fingerprint density at radius 2 is 1.92 bits per heavy atom. The first-order valence-corrected chi connectivity index (χ1v) is 7.59. The van der Waals surface area contributed by atoms with Crippen LogP contribution < -0.4 is 0 Å². The van der Waals surface area contributed by atoms with Crippen molar-refractivity contribution in [2.24, 2.45) is 7.05 Å². The molecule has 0 atom stereocenters. The number of hydrogen-bond donors (Lipinski definition) is 0. The van der Waals surface area contributed by atoms with E-state index in [0.717, 1.165) is 33.9 Å². The Hall–Kier alpha value is -2.23. The van der Waals surface area contributed by atoms with Crippen LogP contribution in [0.15, 0.2) is 48.8 Å². The minimum absolute atomic E-state index is 0. The standard InChI is InChI=1S/C19H17N4.Ir/c1-13-6-4-5-7-17(13)23-11-10-20-19(23)15-8-9-18-16(12-15)21-14(2)22(18)3;/h4-7,9-12H,1-3H3;/q-1;. The van der Waals surface area contributed by atoms with Crippen molar-refractivity contribution in [2.45, 2.75) is 13.8 Å². The summed E-state index contributed by atoms with van der Waals surface area (Å²) in [4.78, 5) is 9.15. The minimum atomic E-state index is 0. The molecule has 4 nitrogen and oxygen atoms in total. The molecule has 0 spiro atoms. The summed E-state index contributed by atoms with van der Waals surface area (Å²) in [5.41, 5.74) is 5.34. The van der Waals surface area contributed by atoms with E-state index in [9.17, 15) is 0 Å². The second kappa shape index (κ2) is 6.34. The van der Waals surface area contributed by atoms with Crippen molar-refractivity contribution < 1.29 is 20.1 Å². The van der Waals surface area contributed by atoms with E-state index in [1.54, 1.807) is 0 Å². The van der Waals surface area contributed by atoms with E-state index >= 15 is 0 Å². The zero-order chi connectivity index (χ0) is 16.0. The van der Waals surface area contributed by atoms with Gasteiger partial charge in [0.2, 0.25) is 0 Å². The molecule has 0 aliphatic carbocycles. The maximum atomic E-state index is 4.61. The van der Waals surface area contributed by atoms with Crippen LogP contribution in [0.25, 0.3) is 28.1 Å². The van der Waals surface area contributed by atoms with Crippen molar-refractivity contribution in [3.8, 4) is 17.1 Å². The van der Waals surface area contributed by atoms with Gasteiger partial charge in [0.15, 0.2) is 0 Å². The second-order valence-electron chi connectivity index (χ2n) is 5.74. The van der Waals surface area contributed by atoms with Crippen LogP contribution >= 0.6 is 0 Å². The van der Waals surface area contributed by atoms with Gasteiger partial charge in [-0.05, 0) is 31.0 Å². The number of para-hydroxylation sites is 1. The third-order valence-corrected chi connectivity index (χ3v) is 4.29. The van der Waals surface area contributed by atoms with E-state index < -0.39 is 0 Å². The average molecular weight is 494 g/mol. The smallest absolute Gasteiger partial charge is 0.0957 e. The molecule has 24 heavy (non-hydrogen) atoms. The molecule has 0 unspecified atom stereocenters. The van der Waals surface area contributed by atoms with Gasteiger partial charge in [-0.2, -0.15) is 0 Å². The Morgan fingerprint density at radius 1 is 1.12 bits per heavy atom. The second-order valence-corrected chi connectivity index (χ2v) is 5.74. The van der Waals surface area contributed by atoms with Crippen LogP contribution in [0.4, 0.5) is 0 Å². The molecule has 0 amide bonds. The molecule has 0 fully saturated rings. The van der Waals surface area contributed by atoms with Gasteiger partial charge < -0.3 is 9.13 Å². The number of nitrogens with zero attached hydrogens (tertiary/aromatic N) is 4. The third kappa shape index (κ3) is 2.60. The third-order valence-electron chi connectivity index (χ3n) is 4.29. The zero-order valence-electron chi connectivity index (χ0n) is 13.7. The summed E-state index contributed by atoms with van der Waals surface area (Å²) in [5, 5.41) is 0. The molecule has 2 aromatic carbocycles. The van der Waals surface area contributed by atoms with E-state index in [-0.39, 0.29) is 20.1 Å². The molecule has 4 rings (SSSR count). The summed E-state index contributed by atoms with van der Waals surface area (Å²) < 4.78 is 4.17. The molecule has 0 aliphatic heterocycles. The SMILES string of the molecule is Cc1ccccc1-n1ccnc1-c1[c-]cc2c(c1)nc(C)n2C.[Ir]. The fourth-order valence-electron chi connectivity index (χ4n) is 2.91. The number of imidazole rings is 2. The average Bonchev–Trinajstić information content (AvgIpc) is 3.13. The fourth-order valence-corrected chi connectivity index (χ4v) is 2.91. The molecule has 0 aliphatic rings. The number of fused-ring (bicyclic) bond motifs is 1. The van der Waals surface area contributed by atoms with Gasteiger partial charge in [-0.3, -0.25) is 9.97 Å². The predicted molar refractivity (Wildman–Crippen MR) is 91.6 cm³/mol. The number of aromatic nitrogens is 4. The van der Waals surface area contributed by atoms with Gasteiger partial charge >= 0.3 is 0 Å². The molecular weight excluding hydrogens is 476 g/mol. The van der Waals surface area contributed by atoms with E-state index in [4.69, 9.17) is 0 Å². The molecule has 5 heteroatoms. The van der Waals surface area contributed by atoms with E-state index in [1.165, 1.54) is 5.56 Å². The van der Waals surface area contributed by atoms with Gasteiger partial charge in [0, 0.05) is 50.8 Å². The van der Waals surface area contributed by atoms with Crippen LogP contribution in [-0.2, 0) is 27.2 Å². The van der Waals surface area contributed by atoms with E-state index in [0.29, 0.717) is 0 Å². The van der Waals surface area contributed by atoms with E-state index in [1.807, 2.05) is 44.6 Å². The molecule has 1 radical (unpaired) electrons. The molecule has 0 saturated carbocycles. The summed E-state index contributed by atoms with van der Waals surface area (Å²) in [6.07, 6.45) is 3.81. The zero-order valence-corrected chi connectivity index (χ0v) is 16.1. The molecule has 0 N–H and O–H groups in total. The number of aryl methyl sites for hydroxylation is 3. The molecule has 0 saturated heterocycles. The maximum absolute atomic E-state index is 4.61. The summed E-state index contributed by atoms with van der Waals surface area (Å²) >= 11 is 0. The Morgan fingerprint density at radius 3 is 2.71 bits per heavy atom. The van der Waals surface area contributed by atoms with Gasteiger partial charge in [-0.15, -0.1) is 23.8 Å². The topological polar surface area (TPSA) is 35.6 Å². The summed E-state index contributed by atoms with van der Waals surface area (Å²) in [6.45, 7) is 4.11. The van der Waals surface area contributed by atoms with Crippen molar-refractivity contribution in [3.63, 3.8) is 0 Å². The fraction of sp³-hybridized carbons (Fsp3) is 0.158. The van der Waals surface area contributed by atoms with Crippen molar-refractivity contribution in [3.05, 3.63) is 66.2 Å². The first kappa shape index (κ1) is 16.6. The molecule has 0 bridgehead atoms. The van der Waals surface area contributed by atoms with Crippen LogP contribution in [-0.4, -0.2) is 19.1 Å². The molecule has 2 aromatic heterocycles. The summed E-state index contributed by atoms with van der Waals surface area (Å²) in [7, 11) is 2.02. The van der Waals surface area contributed by atoms with Crippen LogP contribution in [0.5, 0.6) is 0 Å². The van der Waals surface area contributed by atoms with Crippen molar-refractivity contribution in [1.29, 1.82) is 0 Å². The largest absolute Gasteiger partial charge is 0.371 e. The van der Waals surface area contributed by atoms with E-state index in [2.05, 4.69) is 50.3 Å². The monoisotopic (exact) mass is 494 g/mol.